The molecule has 4 nitrogen and oxygen atoms in total. The maximum atomic E-state index is 10.2. The molecule has 1 aromatic rings. The molecule has 5 heteroatoms. The summed E-state index contributed by atoms with van der Waals surface area (Å²) in [6.45, 7) is 1.77. The number of anilines is 1. The number of hydrogen-bond donors (Lipinski definition) is 1. The van der Waals surface area contributed by atoms with Gasteiger partial charge >= 0.3 is 32.7 Å². The number of aryl methyl sites for hydroxylation is 1. The molecular formula is C7H7N2O2Y+2. The summed E-state index contributed by atoms with van der Waals surface area (Å²) in [5.41, 5.74) is 6.57. The summed E-state index contributed by atoms with van der Waals surface area (Å²) in [6.07, 6.45) is 0. The van der Waals surface area contributed by atoms with Crippen LogP contribution in [-0.4, -0.2) is 4.92 Å². The van der Waals surface area contributed by atoms with E-state index < -0.39 is 4.92 Å². The van der Waals surface area contributed by atoms with Gasteiger partial charge < -0.3 is 5.73 Å². The van der Waals surface area contributed by atoms with E-state index in [9.17, 15) is 10.1 Å². The van der Waals surface area contributed by atoms with Crippen LogP contribution in [-0.2, 0) is 32.7 Å². The summed E-state index contributed by atoms with van der Waals surface area (Å²) in [4.78, 5) is 9.67. The van der Waals surface area contributed by atoms with Crippen molar-refractivity contribution in [2.75, 3.05) is 5.73 Å². The summed E-state index contributed by atoms with van der Waals surface area (Å²) in [5, 5.41) is 10.2. The van der Waals surface area contributed by atoms with E-state index in [2.05, 4.69) is 6.07 Å². The minimum absolute atomic E-state index is 0. The van der Waals surface area contributed by atoms with Gasteiger partial charge in [0, 0.05) is 4.92 Å². The van der Waals surface area contributed by atoms with Crippen molar-refractivity contribution < 1.29 is 37.6 Å². The van der Waals surface area contributed by atoms with Crippen LogP contribution in [0.25, 0.3) is 0 Å². The zero-order valence-electron chi connectivity index (χ0n) is 6.57. The van der Waals surface area contributed by atoms with Gasteiger partial charge in [-0.2, -0.15) is 6.07 Å². The largest absolute Gasteiger partial charge is 3.00 e. The smallest absolute Gasteiger partial charge is 0.419 e. The third-order valence-electron chi connectivity index (χ3n) is 1.38. The van der Waals surface area contributed by atoms with Crippen molar-refractivity contribution in [3.8, 4) is 0 Å². The Labute approximate surface area is 95.2 Å². The molecule has 0 aliphatic carbocycles. The molecule has 0 aliphatic rings. The number of non-ortho nitro benzene ring substituents is 1. The van der Waals surface area contributed by atoms with Crippen LogP contribution in [0.1, 0.15) is 5.56 Å². The van der Waals surface area contributed by atoms with Gasteiger partial charge in [-0.05, 0) is 0 Å². The molecule has 0 spiro atoms. The number of nitro groups is 1. The second-order valence-electron chi connectivity index (χ2n) is 2.21. The molecule has 0 saturated carbocycles. The average Bonchev–Trinajstić information content (AvgIpc) is 1.94. The molecule has 0 heterocycles. The van der Waals surface area contributed by atoms with Crippen LogP contribution in [0.4, 0.5) is 11.4 Å². The Morgan fingerprint density at radius 2 is 2.25 bits per heavy atom. The van der Waals surface area contributed by atoms with E-state index in [4.69, 9.17) is 5.73 Å². The first kappa shape index (κ1) is 11.5. The minimum Gasteiger partial charge on any atom is -0.419 e. The predicted molar refractivity (Wildman–Crippen MR) is 41.1 cm³/mol. The van der Waals surface area contributed by atoms with Crippen molar-refractivity contribution in [2.45, 2.75) is 6.92 Å². The maximum absolute atomic E-state index is 10.2. The van der Waals surface area contributed by atoms with E-state index in [1.54, 1.807) is 6.92 Å². The molecule has 0 unspecified atom stereocenters. The SMILES string of the molecule is Cc1c[c-]c([N+](=O)[O-])cc1N.[Y+3]. The first-order valence-corrected chi connectivity index (χ1v) is 3.03. The van der Waals surface area contributed by atoms with Gasteiger partial charge in [-0.15, -0.1) is 11.6 Å². The van der Waals surface area contributed by atoms with Gasteiger partial charge in [0.15, 0.2) is 5.69 Å². The van der Waals surface area contributed by atoms with Crippen molar-refractivity contribution in [1.82, 2.24) is 0 Å². The zero-order chi connectivity index (χ0) is 8.43. The molecular weight excluding hydrogens is 233 g/mol. The fraction of sp³-hybridized carbons (Fsp3) is 0.143. The number of rotatable bonds is 1. The van der Waals surface area contributed by atoms with Crippen LogP contribution in [0.2, 0.25) is 0 Å². The van der Waals surface area contributed by atoms with Crippen molar-refractivity contribution >= 4 is 11.4 Å². The summed E-state index contributed by atoms with van der Waals surface area (Å²) >= 11 is 0. The monoisotopic (exact) mass is 240 g/mol. The summed E-state index contributed by atoms with van der Waals surface area (Å²) in [7, 11) is 0. The van der Waals surface area contributed by atoms with Gasteiger partial charge in [-0.1, -0.05) is 18.7 Å². The van der Waals surface area contributed by atoms with Crippen LogP contribution in [0.3, 0.4) is 0 Å². The molecule has 0 saturated heterocycles. The Balaban J connectivity index is 0.00000121. The van der Waals surface area contributed by atoms with Crippen LogP contribution < -0.4 is 5.73 Å². The van der Waals surface area contributed by atoms with E-state index in [1.165, 1.54) is 12.1 Å². The Kier molecular flexibility index (Phi) is 4.35. The van der Waals surface area contributed by atoms with Crippen molar-refractivity contribution in [3.05, 3.63) is 33.9 Å². The maximum Gasteiger partial charge on any atom is 3.00 e. The summed E-state index contributed by atoms with van der Waals surface area (Å²) in [5.74, 6) is 0. The molecule has 0 amide bonds. The fourth-order valence-corrected chi connectivity index (χ4v) is 0.674. The Bertz CT molecular complexity index is 301. The first-order valence-electron chi connectivity index (χ1n) is 3.03. The molecule has 1 rings (SSSR count). The van der Waals surface area contributed by atoms with Crippen molar-refractivity contribution in [2.24, 2.45) is 0 Å². The Hall–Kier alpha value is -0.476. The number of hydrogen-bond acceptors (Lipinski definition) is 3. The van der Waals surface area contributed by atoms with Gasteiger partial charge in [0.1, 0.15) is 0 Å². The van der Waals surface area contributed by atoms with E-state index in [1.807, 2.05) is 0 Å². The molecule has 58 valence electrons. The molecule has 0 aliphatic heterocycles. The number of nitrogens with two attached hydrogens (primary N) is 1. The normalized spacial score (nSPS) is 8.75. The van der Waals surface area contributed by atoms with Gasteiger partial charge in [0.05, 0.1) is 0 Å². The predicted octanol–water partition coefficient (Wildman–Crippen LogP) is 1.28. The fourth-order valence-electron chi connectivity index (χ4n) is 0.674. The molecule has 0 aromatic heterocycles. The quantitative estimate of drug-likeness (QED) is 0.348. The van der Waals surface area contributed by atoms with Gasteiger partial charge in [-0.25, -0.2) is 0 Å². The second-order valence-corrected chi connectivity index (χ2v) is 2.21. The van der Waals surface area contributed by atoms with Crippen molar-refractivity contribution in [1.29, 1.82) is 0 Å². The topological polar surface area (TPSA) is 69.2 Å². The van der Waals surface area contributed by atoms with Crippen LogP contribution in [0.15, 0.2) is 12.1 Å². The summed E-state index contributed by atoms with van der Waals surface area (Å²) < 4.78 is 0. The van der Waals surface area contributed by atoms with Crippen LogP contribution in [0.5, 0.6) is 0 Å². The average molecular weight is 240 g/mol. The number of nitrogen functional groups attached to an aromatic ring is 1. The number of benzene rings is 1. The third-order valence-corrected chi connectivity index (χ3v) is 1.38. The minimum atomic E-state index is -0.518. The van der Waals surface area contributed by atoms with Crippen LogP contribution >= 0.6 is 0 Å². The zero-order valence-corrected chi connectivity index (χ0v) is 9.41. The molecule has 12 heavy (non-hydrogen) atoms. The van der Waals surface area contributed by atoms with Crippen LogP contribution in [0, 0.1) is 23.1 Å². The third kappa shape index (κ3) is 2.53. The molecule has 2 N–H and O–H groups in total. The van der Waals surface area contributed by atoms with E-state index in [0.717, 1.165) is 5.56 Å². The van der Waals surface area contributed by atoms with Gasteiger partial charge in [0.2, 0.25) is 0 Å². The molecule has 0 atom stereocenters. The first-order chi connectivity index (χ1) is 5.11. The number of nitro benzene ring substituents is 1. The Morgan fingerprint density at radius 3 is 2.67 bits per heavy atom. The molecule has 0 fully saturated rings. The molecule has 0 radical (unpaired) electrons. The Morgan fingerprint density at radius 1 is 1.67 bits per heavy atom. The molecule has 0 bridgehead atoms. The van der Waals surface area contributed by atoms with E-state index in [-0.39, 0.29) is 38.4 Å². The van der Waals surface area contributed by atoms with E-state index >= 15 is 0 Å². The standard InChI is InChI=1S/C7H7N2O2.Y/c1-5-2-3-6(9(10)11)4-7(5)8;/h2,4H,8H2,1H3;/q-1;+3. The molecule has 1 aromatic carbocycles. The second kappa shape index (κ2) is 4.53. The van der Waals surface area contributed by atoms with Gasteiger partial charge in [-0.3, -0.25) is 10.1 Å². The van der Waals surface area contributed by atoms with Gasteiger partial charge in [0.25, 0.3) is 0 Å². The number of nitrogens with zero attached hydrogens (tertiary/aromatic N) is 1. The summed E-state index contributed by atoms with van der Waals surface area (Å²) in [6, 6.07) is 5.31. The van der Waals surface area contributed by atoms with Crippen molar-refractivity contribution in [3.63, 3.8) is 0 Å². The van der Waals surface area contributed by atoms with E-state index in [0.29, 0.717) is 5.69 Å².